The molecule has 1 fully saturated rings. The summed E-state index contributed by atoms with van der Waals surface area (Å²) in [6, 6.07) is 4.54. The quantitative estimate of drug-likeness (QED) is 0.833. The molecular weight excluding hydrogens is 267 g/mol. The Bertz CT molecular complexity index is 447. The van der Waals surface area contributed by atoms with Crippen molar-refractivity contribution in [3.05, 3.63) is 29.8 Å². The summed E-state index contributed by atoms with van der Waals surface area (Å²) >= 11 is -1.62. The van der Waals surface area contributed by atoms with Crippen LogP contribution in [0.5, 0.6) is 0 Å². The van der Waals surface area contributed by atoms with Gasteiger partial charge in [-0.05, 0) is 30.7 Å². The molecule has 2 atom stereocenters. The Morgan fingerprint density at radius 3 is 2.50 bits per heavy atom. The van der Waals surface area contributed by atoms with Gasteiger partial charge in [0.2, 0.25) is 0 Å². The number of nitrogens with zero attached hydrogens (tertiary/aromatic N) is 1. The van der Waals surface area contributed by atoms with Crippen molar-refractivity contribution in [3.63, 3.8) is 0 Å². The van der Waals surface area contributed by atoms with E-state index in [-0.39, 0.29) is 6.04 Å². The maximum atomic E-state index is 12.4. The first-order valence-corrected chi connectivity index (χ1v) is 6.48. The molecule has 1 heterocycles. The van der Waals surface area contributed by atoms with Crippen molar-refractivity contribution in [1.29, 1.82) is 0 Å². The van der Waals surface area contributed by atoms with Gasteiger partial charge in [-0.2, -0.15) is 13.2 Å². The van der Waals surface area contributed by atoms with E-state index in [2.05, 4.69) is 0 Å². The zero-order chi connectivity index (χ0) is 13.3. The van der Waals surface area contributed by atoms with Crippen molar-refractivity contribution in [3.8, 4) is 0 Å². The van der Waals surface area contributed by atoms with Gasteiger partial charge >= 0.3 is 6.18 Å². The topological polar surface area (TPSA) is 29.5 Å². The number of alkyl halides is 3. The summed E-state index contributed by atoms with van der Waals surface area (Å²) < 4.78 is 55.4. The summed E-state index contributed by atoms with van der Waals surface area (Å²) in [5.41, 5.74) is -0.240. The van der Waals surface area contributed by atoms with Gasteiger partial charge in [0.1, 0.15) is 0 Å². The standard InChI is InChI=1S/C11H12F3NO2S/c1-2-9-7-17-18(16)15(9)10-5-3-8(4-6-10)11(12,13)14/h3-6,9H,2,7H2,1H3/t9?,18-/m1/s1. The van der Waals surface area contributed by atoms with E-state index in [9.17, 15) is 17.4 Å². The molecule has 0 spiro atoms. The highest BCUT2D eigenvalue weighted by atomic mass is 32.2. The monoisotopic (exact) mass is 279 g/mol. The van der Waals surface area contributed by atoms with E-state index in [0.29, 0.717) is 18.7 Å². The van der Waals surface area contributed by atoms with Crippen LogP contribution < -0.4 is 4.31 Å². The molecule has 0 aromatic heterocycles. The SMILES string of the molecule is CCC1CO[S@@](=O)N1c1ccc(C(F)(F)F)cc1. The minimum atomic E-state index is -4.36. The fourth-order valence-corrected chi connectivity index (χ4v) is 2.90. The first-order chi connectivity index (χ1) is 8.43. The molecule has 0 radical (unpaired) electrons. The van der Waals surface area contributed by atoms with Crippen molar-refractivity contribution >= 4 is 17.0 Å². The van der Waals surface area contributed by atoms with Crippen molar-refractivity contribution in [2.24, 2.45) is 0 Å². The molecule has 1 aromatic carbocycles. The summed E-state index contributed by atoms with van der Waals surface area (Å²) in [7, 11) is 0. The van der Waals surface area contributed by atoms with Crippen LogP contribution in [0.2, 0.25) is 0 Å². The third-order valence-corrected chi connectivity index (χ3v) is 3.94. The van der Waals surface area contributed by atoms with Crippen molar-refractivity contribution < 1.29 is 21.6 Å². The number of rotatable bonds is 2. The molecule has 3 nitrogen and oxygen atoms in total. The number of halogens is 3. The van der Waals surface area contributed by atoms with Gasteiger partial charge in [0.25, 0.3) is 11.3 Å². The lowest BCUT2D eigenvalue weighted by Crippen LogP contribution is -2.30. The second-order valence-corrected chi connectivity index (χ2v) is 5.00. The van der Waals surface area contributed by atoms with Crippen LogP contribution >= 0.6 is 0 Å². The van der Waals surface area contributed by atoms with E-state index in [4.69, 9.17) is 4.18 Å². The largest absolute Gasteiger partial charge is 0.416 e. The Morgan fingerprint density at radius 2 is 2.00 bits per heavy atom. The fourth-order valence-electron chi connectivity index (χ4n) is 1.76. The fraction of sp³-hybridized carbons (Fsp3) is 0.455. The minimum Gasteiger partial charge on any atom is -0.272 e. The van der Waals surface area contributed by atoms with Gasteiger partial charge in [-0.15, -0.1) is 0 Å². The van der Waals surface area contributed by atoms with E-state index in [0.717, 1.165) is 12.1 Å². The molecule has 1 saturated heterocycles. The number of benzene rings is 1. The van der Waals surface area contributed by atoms with Gasteiger partial charge in [-0.1, -0.05) is 6.92 Å². The lowest BCUT2D eigenvalue weighted by atomic mass is 10.1. The van der Waals surface area contributed by atoms with Gasteiger partial charge in [-0.3, -0.25) is 8.49 Å². The van der Waals surface area contributed by atoms with Crippen molar-refractivity contribution in [1.82, 2.24) is 0 Å². The van der Waals surface area contributed by atoms with Gasteiger partial charge in [0.05, 0.1) is 23.9 Å². The van der Waals surface area contributed by atoms with Crippen LogP contribution in [-0.4, -0.2) is 16.9 Å². The summed E-state index contributed by atoms with van der Waals surface area (Å²) in [4.78, 5) is 0. The van der Waals surface area contributed by atoms with Gasteiger partial charge in [-0.25, -0.2) is 4.21 Å². The van der Waals surface area contributed by atoms with E-state index in [1.54, 1.807) is 0 Å². The van der Waals surface area contributed by atoms with Gasteiger partial charge in [0.15, 0.2) is 0 Å². The van der Waals surface area contributed by atoms with E-state index in [1.165, 1.54) is 16.4 Å². The van der Waals surface area contributed by atoms with E-state index in [1.807, 2.05) is 6.92 Å². The molecule has 1 unspecified atom stereocenters. The Hall–Kier alpha value is -1.08. The second kappa shape index (κ2) is 4.89. The van der Waals surface area contributed by atoms with E-state index < -0.39 is 23.0 Å². The molecule has 100 valence electrons. The third-order valence-electron chi connectivity index (χ3n) is 2.77. The Kier molecular flexibility index (Phi) is 3.63. The average Bonchev–Trinajstić information content (AvgIpc) is 2.69. The predicted octanol–water partition coefficient (Wildman–Crippen LogP) is 2.90. The molecule has 1 aliphatic rings. The van der Waals surface area contributed by atoms with Gasteiger partial charge in [0, 0.05) is 0 Å². The molecule has 0 aliphatic carbocycles. The number of hydrogen-bond acceptors (Lipinski definition) is 2. The molecular formula is C11H12F3NO2S. The Balaban J connectivity index is 2.26. The molecule has 18 heavy (non-hydrogen) atoms. The second-order valence-electron chi connectivity index (χ2n) is 3.93. The lowest BCUT2D eigenvalue weighted by Gasteiger charge is -2.21. The van der Waals surface area contributed by atoms with Crippen LogP contribution in [0.4, 0.5) is 18.9 Å². The number of hydrogen-bond donors (Lipinski definition) is 0. The molecule has 0 bridgehead atoms. The third kappa shape index (κ3) is 2.51. The Labute approximate surface area is 105 Å². The Morgan fingerprint density at radius 1 is 1.39 bits per heavy atom. The molecule has 2 rings (SSSR count). The minimum absolute atomic E-state index is 0.0671. The van der Waals surface area contributed by atoms with Crippen molar-refractivity contribution in [2.45, 2.75) is 25.6 Å². The van der Waals surface area contributed by atoms with Crippen LogP contribution in [0.1, 0.15) is 18.9 Å². The van der Waals surface area contributed by atoms with Crippen LogP contribution in [-0.2, 0) is 21.6 Å². The van der Waals surface area contributed by atoms with Crippen LogP contribution in [0.3, 0.4) is 0 Å². The summed E-state index contributed by atoms with van der Waals surface area (Å²) in [5.74, 6) is 0. The predicted molar refractivity (Wildman–Crippen MR) is 62.1 cm³/mol. The zero-order valence-electron chi connectivity index (χ0n) is 9.61. The molecule has 0 amide bonds. The zero-order valence-corrected chi connectivity index (χ0v) is 10.4. The highest BCUT2D eigenvalue weighted by Crippen LogP contribution is 2.32. The van der Waals surface area contributed by atoms with E-state index >= 15 is 0 Å². The normalized spacial score (nSPS) is 24.6. The van der Waals surface area contributed by atoms with Crippen molar-refractivity contribution in [2.75, 3.05) is 10.9 Å². The maximum Gasteiger partial charge on any atom is 0.416 e. The number of anilines is 1. The summed E-state index contributed by atoms with van der Waals surface area (Å²) in [6.07, 6.45) is -3.64. The lowest BCUT2D eigenvalue weighted by molar-refractivity contribution is -0.137. The molecule has 1 aromatic rings. The maximum absolute atomic E-state index is 12.4. The first-order valence-electron chi connectivity index (χ1n) is 5.45. The molecule has 0 N–H and O–H groups in total. The van der Waals surface area contributed by atoms with Crippen LogP contribution in [0.25, 0.3) is 0 Å². The summed E-state index contributed by atoms with van der Waals surface area (Å²) in [5, 5.41) is 0. The van der Waals surface area contributed by atoms with Gasteiger partial charge < -0.3 is 0 Å². The highest BCUT2D eigenvalue weighted by Gasteiger charge is 2.33. The highest BCUT2D eigenvalue weighted by molar-refractivity contribution is 7.82. The first kappa shape index (κ1) is 13.4. The molecule has 1 aliphatic heterocycles. The summed E-state index contributed by atoms with van der Waals surface area (Å²) in [6.45, 7) is 2.23. The average molecular weight is 279 g/mol. The molecule has 0 saturated carbocycles. The van der Waals surface area contributed by atoms with Crippen LogP contribution in [0, 0.1) is 0 Å². The smallest absolute Gasteiger partial charge is 0.272 e. The molecule has 7 heteroatoms. The van der Waals surface area contributed by atoms with Crippen LogP contribution in [0.15, 0.2) is 24.3 Å².